The van der Waals surface area contributed by atoms with Gasteiger partial charge < -0.3 is 10.6 Å². The smallest absolute Gasteiger partial charge is 0.109 e. The van der Waals surface area contributed by atoms with E-state index in [9.17, 15) is 5.26 Å². The molecule has 2 aromatic carbocycles. The van der Waals surface area contributed by atoms with Gasteiger partial charge in [0.25, 0.3) is 0 Å². The minimum absolute atomic E-state index is 0.00946. The topological polar surface area (TPSA) is 115 Å². The van der Waals surface area contributed by atoms with Crippen molar-refractivity contribution in [2.24, 2.45) is 0 Å². The molecule has 5 aromatic rings. The van der Waals surface area contributed by atoms with Crippen molar-refractivity contribution in [2.75, 3.05) is 10.6 Å². The number of nitrogens with one attached hydrogen (secondary N) is 3. The maximum atomic E-state index is 9.92. The monoisotopic (exact) mass is 508 g/mol. The van der Waals surface area contributed by atoms with Crippen LogP contribution in [0.4, 0.5) is 11.4 Å². The summed E-state index contributed by atoms with van der Waals surface area (Å²) in [6.07, 6.45) is 5.91. The molecule has 9 heteroatoms. The summed E-state index contributed by atoms with van der Waals surface area (Å²) in [4.78, 5) is 8.95. The number of aryl methyl sites for hydroxylation is 1. The summed E-state index contributed by atoms with van der Waals surface area (Å²) < 4.78 is 0. The van der Waals surface area contributed by atoms with E-state index in [1.165, 1.54) is 0 Å². The molecule has 0 radical (unpaired) electrons. The molecule has 0 bridgehead atoms. The van der Waals surface area contributed by atoms with Crippen LogP contribution in [-0.2, 0) is 0 Å². The van der Waals surface area contributed by atoms with Crippen LogP contribution in [0.25, 0.3) is 10.9 Å². The third-order valence-corrected chi connectivity index (χ3v) is 6.66. The molecule has 0 aliphatic rings. The molecule has 0 spiro atoms. The zero-order chi connectivity index (χ0) is 25.8. The Morgan fingerprint density at radius 3 is 2.62 bits per heavy atom. The second-order valence-electron chi connectivity index (χ2n) is 8.68. The highest BCUT2D eigenvalue weighted by molar-refractivity contribution is 6.35. The van der Waals surface area contributed by atoms with Gasteiger partial charge in [-0.15, -0.1) is 5.10 Å². The van der Waals surface area contributed by atoms with Crippen molar-refractivity contribution in [3.05, 3.63) is 106 Å². The van der Waals surface area contributed by atoms with Crippen LogP contribution in [0.1, 0.15) is 53.5 Å². The van der Waals surface area contributed by atoms with Crippen LogP contribution in [-0.4, -0.2) is 25.4 Å². The molecular weight excluding hydrogens is 484 g/mol. The van der Waals surface area contributed by atoms with E-state index in [1.807, 2.05) is 49.4 Å². The van der Waals surface area contributed by atoms with Gasteiger partial charge in [0, 0.05) is 40.9 Å². The Bertz CT molecular complexity index is 1560. The molecule has 0 fully saturated rings. The summed E-state index contributed by atoms with van der Waals surface area (Å²) in [7, 11) is 0. The van der Waals surface area contributed by atoms with Gasteiger partial charge in [-0.1, -0.05) is 60.1 Å². The Hall–Kier alpha value is -4.48. The van der Waals surface area contributed by atoms with Gasteiger partial charge in [0.2, 0.25) is 0 Å². The number of aromatic amines is 1. The second-order valence-corrected chi connectivity index (χ2v) is 9.09. The van der Waals surface area contributed by atoms with Crippen molar-refractivity contribution in [3.63, 3.8) is 0 Å². The maximum Gasteiger partial charge on any atom is 0.109 e. The summed E-state index contributed by atoms with van der Waals surface area (Å²) in [5.41, 5.74) is 6.20. The largest absolute Gasteiger partial charge is 0.377 e. The van der Waals surface area contributed by atoms with Gasteiger partial charge in [0.1, 0.15) is 11.8 Å². The van der Waals surface area contributed by atoms with E-state index in [0.29, 0.717) is 27.5 Å². The number of rotatable bonds is 8. The van der Waals surface area contributed by atoms with Gasteiger partial charge in [0.05, 0.1) is 33.9 Å². The van der Waals surface area contributed by atoms with Crippen molar-refractivity contribution < 1.29 is 0 Å². The lowest BCUT2D eigenvalue weighted by Crippen LogP contribution is -2.15. The molecule has 0 aliphatic carbocycles. The lowest BCUT2D eigenvalue weighted by atomic mass is 10.0. The molecule has 0 saturated carbocycles. The molecule has 3 aromatic heterocycles. The number of H-pyrrole nitrogens is 1. The predicted octanol–water partition coefficient (Wildman–Crippen LogP) is 6.35. The first kappa shape index (κ1) is 24.2. The van der Waals surface area contributed by atoms with Crippen LogP contribution < -0.4 is 10.6 Å². The highest BCUT2D eigenvalue weighted by Gasteiger charge is 2.22. The fraction of sp³-hybridized carbons (Fsp3) is 0.179. The number of hydrogen-bond acceptors (Lipinski definition) is 7. The number of aromatic nitrogens is 5. The second kappa shape index (κ2) is 10.6. The molecule has 0 aliphatic heterocycles. The average molecular weight is 509 g/mol. The molecule has 8 nitrogen and oxygen atoms in total. The quantitative estimate of drug-likeness (QED) is 0.224. The van der Waals surface area contributed by atoms with Gasteiger partial charge in [-0.05, 0) is 37.1 Å². The highest BCUT2D eigenvalue weighted by atomic mass is 35.5. The first-order valence-corrected chi connectivity index (χ1v) is 12.3. The molecule has 3 heterocycles. The number of nitrogens with zero attached hydrogens (tertiary/aromatic N) is 5. The average Bonchev–Trinajstić information content (AvgIpc) is 3.46. The number of hydrogen-bond donors (Lipinski definition) is 3. The summed E-state index contributed by atoms with van der Waals surface area (Å²) in [6, 6.07) is 19.8. The molecule has 184 valence electrons. The van der Waals surface area contributed by atoms with Gasteiger partial charge in [-0.3, -0.25) is 15.1 Å². The first-order valence-electron chi connectivity index (χ1n) is 12.0. The van der Waals surface area contributed by atoms with E-state index >= 15 is 0 Å². The number of halogens is 1. The first-order chi connectivity index (χ1) is 18.1. The Morgan fingerprint density at radius 2 is 1.92 bits per heavy atom. The number of nitriles is 1. The van der Waals surface area contributed by atoms with Gasteiger partial charge in [-0.25, -0.2) is 0 Å². The fourth-order valence-corrected chi connectivity index (χ4v) is 4.76. The van der Waals surface area contributed by atoms with Crippen molar-refractivity contribution in [1.29, 1.82) is 5.26 Å². The van der Waals surface area contributed by atoms with Crippen LogP contribution in [0.3, 0.4) is 0 Å². The summed E-state index contributed by atoms with van der Waals surface area (Å²) in [5, 5.41) is 29.2. The number of anilines is 2. The van der Waals surface area contributed by atoms with Crippen molar-refractivity contribution in [3.8, 4) is 6.07 Å². The minimum Gasteiger partial charge on any atom is -0.377 e. The molecule has 37 heavy (non-hydrogen) atoms. The van der Waals surface area contributed by atoms with E-state index in [-0.39, 0.29) is 12.1 Å². The number of pyridine rings is 2. The van der Waals surface area contributed by atoms with Gasteiger partial charge >= 0.3 is 0 Å². The molecule has 0 amide bonds. The maximum absolute atomic E-state index is 9.92. The lowest BCUT2D eigenvalue weighted by Gasteiger charge is -2.23. The van der Waals surface area contributed by atoms with Crippen LogP contribution in [0.5, 0.6) is 0 Å². The molecule has 0 saturated heterocycles. The fourth-order valence-electron chi connectivity index (χ4n) is 4.49. The third kappa shape index (κ3) is 4.95. The highest BCUT2D eigenvalue weighted by Crippen LogP contribution is 2.37. The van der Waals surface area contributed by atoms with Gasteiger partial charge in [0.15, 0.2) is 0 Å². The van der Waals surface area contributed by atoms with E-state index in [2.05, 4.69) is 61.1 Å². The predicted molar refractivity (Wildman–Crippen MR) is 145 cm³/mol. The Labute approximate surface area is 219 Å². The zero-order valence-electron chi connectivity index (χ0n) is 20.4. The van der Waals surface area contributed by atoms with E-state index in [4.69, 9.17) is 11.6 Å². The summed E-state index contributed by atoms with van der Waals surface area (Å²) >= 11 is 6.74. The standard InChI is InChI=1S/C28H25ClN8/c1-3-24(18-8-5-4-6-9-18)35-26-19(14-30)15-32-27-22(26)12-20(13-23(27)29)34-28(25-16-33-37-36-25)21-10-7-11-31-17(21)2/h4-13,15-16,24,28,34H,3H2,1-2H3,(H,32,35)(H,33,36,37)/t24-,28+/m1/s1. The molecule has 3 N–H and O–H groups in total. The Kier molecular flexibility index (Phi) is 6.97. The Morgan fingerprint density at radius 1 is 1.08 bits per heavy atom. The Balaban J connectivity index is 1.61. The van der Waals surface area contributed by atoms with E-state index in [0.717, 1.165) is 34.3 Å². The molecule has 0 unspecified atom stereocenters. The van der Waals surface area contributed by atoms with Crippen LogP contribution in [0.2, 0.25) is 5.02 Å². The molecule has 5 rings (SSSR count). The molecule has 2 atom stereocenters. The zero-order valence-corrected chi connectivity index (χ0v) is 21.2. The van der Waals surface area contributed by atoms with Crippen LogP contribution in [0, 0.1) is 18.3 Å². The van der Waals surface area contributed by atoms with Crippen molar-refractivity contribution in [2.45, 2.75) is 32.4 Å². The van der Waals surface area contributed by atoms with E-state index in [1.54, 1.807) is 18.6 Å². The van der Waals surface area contributed by atoms with Crippen LogP contribution >= 0.6 is 11.6 Å². The summed E-state index contributed by atoms with van der Waals surface area (Å²) in [5.74, 6) is 0. The normalized spacial score (nSPS) is 12.6. The van der Waals surface area contributed by atoms with Crippen LogP contribution in [0.15, 0.2) is 73.2 Å². The van der Waals surface area contributed by atoms with Gasteiger partial charge in [-0.2, -0.15) is 5.26 Å². The number of benzene rings is 2. The van der Waals surface area contributed by atoms with Crippen molar-refractivity contribution >= 4 is 33.9 Å². The van der Waals surface area contributed by atoms with Crippen molar-refractivity contribution in [1.82, 2.24) is 25.4 Å². The number of fused-ring (bicyclic) bond motifs is 1. The molecular formula is C28H25ClN8. The third-order valence-electron chi connectivity index (χ3n) is 6.38. The minimum atomic E-state index is -0.322. The summed E-state index contributed by atoms with van der Waals surface area (Å²) in [6.45, 7) is 4.07. The van der Waals surface area contributed by atoms with E-state index < -0.39 is 0 Å². The SMILES string of the molecule is CC[C@@H](Nc1c(C#N)cnc2c(Cl)cc(N[C@H](c3c[nH]nn3)c3cccnc3C)cc12)c1ccccc1. The lowest BCUT2D eigenvalue weighted by molar-refractivity contribution is 0.750.